The summed E-state index contributed by atoms with van der Waals surface area (Å²) in [5.74, 6) is 1.03. The molecule has 0 unspecified atom stereocenters. The van der Waals surface area contributed by atoms with Crippen molar-refractivity contribution in [3.05, 3.63) is 50.2 Å². The number of halogens is 1. The van der Waals surface area contributed by atoms with Gasteiger partial charge in [-0.1, -0.05) is 11.6 Å². The summed E-state index contributed by atoms with van der Waals surface area (Å²) in [7, 11) is 0. The van der Waals surface area contributed by atoms with Crippen LogP contribution >= 0.6 is 34.7 Å². The minimum Gasteiger partial charge on any atom is -0.345 e. The minimum absolute atomic E-state index is 0.0136. The van der Waals surface area contributed by atoms with Crippen molar-refractivity contribution in [2.45, 2.75) is 31.2 Å². The molecule has 0 radical (unpaired) electrons. The molecule has 1 amide bonds. The molecule has 1 aromatic carbocycles. The summed E-state index contributed by atoms with van der Waals surface area (Å²) >= 11 is 9.59. The molecule has 0 saturated carbocycles. The zero-order valence-corrected chi connectivity index (χ0v) is 14.3. The van der Waals surface area contributed by atoms with E-state index in [4.69, 9.17) is 11.6 Å². The lowest BCUT2D eigenvalue weighted by molar-refractivity contribution is 0.0935. The Morgan fingerprint density at radius 2 is 2.14 bits per heavy atom. The molecule has 21 heavy (non-hydrogen) atoms. The highest BCUT2D eigenvalue weighted by Crippen LogP contribution is 2.37. The quantitative estimate of drug-likeness (QED) is 0.836. The molecule has 2 nitrogen and oxygen atoms in total. The van der Waals surface area contributed by atoms with Gasteiger partial charge in [0.15, 0.2) is 0 Å². The van der Waals surface area contributed by atoms with E-state index in [9.17, 15) is 4.79 Å². The van der Waals surface area contributed by atoms with Crippen LogP contribution in [-0.4, -0.2) is 11.7 Å². The van der Waals surface area contributed by atoms with E-state index in [1.165, 1.54) is 9.77 Å². The van der Waals surface area contributed by atoms with E-state index in [2.05, 4.69) is 5.32 Å². The lowest BCUT2D eigenvalue weighted by Gasteiger charge is -2.26. The fourth-order valence-electron chi connectivity index (χ4n) is 2.61. The maximum absolute atomic E-state index is 12.5. The van der Waals surface area contributed by atoms with Gasteiger partial charge in [-0.25, -0.2) is 0 Å². The summed E-state index contributed by atoms with van der Waals surface area (Å²) in [4.78, 5) is 16.0. The van der Waals surface area contributed by atoms with Crippen LogP contribution in [0, 0.1) is 13.8 Å². The van der Waals surface area contributed by atoms with Crippen molar-refractivity contribution in [2.75, 3.05) is 5.75 Å². The number of carbonyl (C=O) groups excluding carboxylic acids is 1. The highest BCUT2D eigenvalue weighted by molar-refractivity contribution is 7.99. The highest BCUT2D eigenvalue weighted by Gasteiger charge is 2.24. The first-order chi connectivity index (χ1) is 10.0. The minimum atomic E-state index is 0.0136. The predicted molar refractivity (Wildman–Crippen MR) is 90.8 cm³/mol. The van der Waals surface area contributed by atoms with Crippen molar-refractivity contribution in [3.8, 4) is 0 Å². The second-order valence-corrected chi connectivity index (χ2v) is 8.21. The molecule has 3 rings (SSSR count). The normalized spacial score (nSPS) is 17.4. The SMILES string of the molecule is Cc1cc(C(=O)N[C@@H]2CCSc3ccc(Cl)cc32)c(C)s1. The van der Waals surface area contributed by atoms with Gasteiger partial charge < -0.3 is 5.32 Å². The van der Waals surface area contributed by atoms with E-state index >= 15 is 0 Å². The van der Waals surface area contributed by atoms with Gasteiger partial charge >= 0.3 is 0 Å². The molecule has 0 spiro atoms. The van der Waals surface area contributed by atoms with Crippen molar-refractivity contribution in [3.63, 3.8) is 0 Å². The largest absolute Gasteiger partial charge is 0.345 e. The molecule has 1 aliphatic rings. The molecule has 1 aliphatic heterocycles. The molecule has 1 aromatic heterocycles. The summed E-state index contributed by atoms with van der Waals surface area (Å²) in [6.45, 7) is 4.02. The predicted octanol–water partition coefficient (Wildman–Crippen LogP) is 4.99. The molecule has 0 fully saturated rings. The lowest BCUT2D eigenvalue weighted by Crippen LogP contribution is -2.30. The van der Waals surface area contributed by atoms with Crippen LogP contribution in [0.1, 0.15) is 38.1 Å². The van der Waals surface area contributed by atoms with E-state index < -0.39 is 0 Å². The third-order valence-corrected chi connectivity index (χ3v) is 5.93. The number of thiophene rings is 1. The second kappa shape index (κ2) is 6.03. The van der Waals surface area contributed by atoms with Crippen molar-refractivity contribution in [2.24, 2.45) is 0 Å². The number of hydrogen-bond donors (Lipinski definition) is 1. The van der Waals surface area contributed by atoms with Crippen molar-refractivity contribution >= 4 is 40.6 Å². The molecule has 1 N–H and O–H groups in total. The monoisotopic (exact) mass is 337 g/mol. The van der Waals surface area contributed by atoms with E-state index in [1.807, 2.05) is 49.9 Å². The topological polar surface area (TPSA) is 29.1 Å². The van der Waals surface area contributed by atoms with Crippen LogP contribution in [0.25, 0.3) is 0 Å². The van der Waals surface area contributed by atoms with Gasteiger partial charge in [-0.15, -0.1) is 23.1 Å². The summed E-state index contributed by atoms with van der Waals surface area (Å²) < 4.78 is 0. The van der Waals surface area contributed by atoms with Crippen LogP contribution in [0.5, 0.6) is 0 Å². The molecule has 5 heteroatoms. The molecule has 2 heterocycles. The first-order valence-corrected chi connectivity index (χ1v) is 9.03. The molecular weight excluding hydrogens is 322 g/mol. The first kappa shape index (κ1) is 14.9. The molecule has 0 bridgehead atoms. The maximum Gasteiger partial charge on any atom is 0.252 e. The Labute approximate surface area is 137 Å². The number of fused-ring (bicyclic) bond motifs is 1. The Bertz CT molecular complexity index is 696. The molecule has 2 aromatic rings. The van der Waals surface area contributed by atoms with Gasteiger partial charge in [0, 0.05) is 25.4 Å². The van der Waals surface area contributed by atoms with Crippen LogP contribution in [-0.2, 0) is 0 Å². The van der Waals surface area contributed by atoms with Crippen LogP contribution in [0.3, 0.4) is 0 Å². The third kappa shape index (κ3) is 3.12. The van der Waals surface area contributed by atoms with Crippen LogP contribution in [0.2, 0.25) is 5.02 Å². The van der Waals surface area contributed by atoms with E-state index in [0.717, 1.165) is 33.2 Å². The number of carbonyl (C=O) groups is 1. The average Bonchev–Trinajstić information content (AvgIpc) is 2.78. The van der Waals surface area contributed by atoms with Gasteiger partial charge in [0.1, 0.15) is 0 Å². The lowest BCUT2D eigenvalue weighted by atomic mass is 10.0. The molecule has 0 aliphatic carbocycles. The number of benzene rings is 1. The van der Waals surface area contributed by atoms with E-state index in [0.29, 0.717) is 0 Å². The summed E-state index contributed by atoms with van der Waals surface area (Å²) in [6, 6.07) is 7.93. The van der Waals surface area contributed by atoms with E-state index in [-0.39, 0.29) is 11.9 Å². The number of amides is 1. The maximum atomic E-state index is 12.5. The number of thioether (sulfide) groups is 1. The fourth-order valence-corrected chi connectivity index (χ4v) is 4.81. The summed E-state index contributed by atoms with van der Waals surface area (Å²) in [5.41, 5.74) is 1.93. The van der Waals surface area contributed by atoms with Crippen molar-refractivity contribution in [1.29, 1.82) is 0 Å². The number of hydrogen-bond acceptors (Lipinski definition) is 3. The van der Waals surface area contributed by atoms with Crippen LogP contribution in [0.4, 0.5) is 0 Å². The Morgan fingerprint density at radius 3 is 2.86 bits per heavy atom. The Balaban J connectivity index is 1.85. The van der Waals surface area contributed by atoms with Crippen LogP contribution < -0.4 is 5.32 Å². The van der Waals surface area contributed by atoms with Gasteiger partial charge in [-0.2, -0.15) is 0 Å². The van der Waals surface area contributed by atoms with Gasteiger partial charge in [-0.05, 0) is 50.1 Å². The molecule has 1 atom stereocenters. The van der Waals surface area contributed by atoms with Crippen molar-refractivity contribution < 1.29 is 4.79 Å². The summed E-state index contributed by atoms with van der Waals surface area (Å²) in [6.07, 6.45) is 0.936. The molecule has 110 valence electrons. The zero-order chi connectivity index (χ0) is 15.0. The number of aryl methyl sites for hydroxylation is 2. The fraction of sp³-hybridized carbons (Fsp3) is 0.312. The Hall–Kier alpha value is -0.970. The van der Waals surface area contributed by atoms with Gasteiger partial charge in [0.05, 0.1) is 11.6 Å². The average molecular weight is 338 g/mol. The molecular formula is C16H16ClNOS2. The van der Waals surface area contributed by atoms with Crippen molar-refractivity contribution in [1.82, 2.24) is 5.32 Å². The van der Waals surface area contributed by atoms with Gasteiger partial charge in [0.2, 0.25) is 0 Å². The Morgan fingerprint density at radius 1 is 1.33 bits per heavy atom. The third-order valence-electron chi connectivity index (χ3n) is 3.60. The number of nitrogens with one attached hydrogen (secondary N) is 1. The summed E-state index contributed by atoms with van der Waals surface area (Å²) in [5, 5.41) is 3.89. The smallest absolute Gasteiger partial charge is 0.252 e. The van der Waals surface area contributed by atoms with Crippen LogP contribution in [0.15, 0.2) is 29.2 Å². The zero-order valence-electron chi connectivity index (χ0n) is 11.9. The van der Waals surface area contributed by atoms with Gasteiger partial charge in [-0.3, -0.25) is 4.79 Å². The second-order valence-electron chi connectivity index (χ2n) is 5.17. The molecule has 0 saturated heterocycles. The standard InChI is InChI=1S/C16H16ClNOS2/c1-9-7-12(10(2)21-9)16(19)18-14-5-6-20-15-4-3-11(17)8-13(14)15/h3-4,7-8,14H,5-6H2,1-2H3,(H,18,19)/t14-/m1/s1. The number of rotatable bonds is 2. The first-order valence-electron chi connectivity index (χ1n) is 6.85. The Kier molecular flexibility index (Phi) is 4.29. The van der Waals surface area contributed by atoms with Gasteiger partial charge in [0.25, 0.3) is 5.91 Å². The van der Waals surface area contributed by atoms with E-state index in [1.54, 1.807) is 11.3 Å². The highest BCUT2D eigenvalue weighted by atomic mass is 35.5.